The first kappa shape index (κ1) is 21.7. The molecule has 0 fully saturated rings. The zero-order valence-corrected chi connectivity index (χ0v) is 18.2. The molecule has 2 aromatic rings. The third-order valence-electron chi connectivity index (χ3n) is 4.46. The third kappa shape index (κ3) is 4.12. The molecule has 7 heteroatoms. The van der Waals surface area contributed by atoms with Crippen molar-refractivity contribution < 1.29 is 13.5 Å². The van der Waals surface area contributed by atoms with Gasteiger partial charge in [0.2, 0.25) is 15.0 Å². The fourth-order valence-electron chi connectivity index (χ4n) is 2.91. The lowest BCUT2D eigenvalue weighted by Crippen LogP contribution is -2.17. The molecule has 0 saturated carbocycles. The summed E-state index contributed by atoms with van der Waals surface area (Å²) < 4.78 is 27.1. The number of hydrogen-bond donors (Lipinski definition) is 1. The van der Waals surface area contributed by atoms with E-state index in [0.717, 1.165) is 0 Å². The molecular formula is C21H27N3O3S. The number of benzene rings is 1. The first-order valence-electron chi connectivity index (χ1n) is 8.92. The fraction of sp³-hybridized carbons (Fsp3) is 0.429. The topological polar surface area (TPSA) is 96.0 Å². The molecule has 0 aliphatic heterocycles. The molecule has 6 nitrogen and oxygen atoms in total. The van der Waals surface area contributed by atoms with Gasteiger partial charge in [-0.15, -0.1) is 0 Å². The van der Waals surface area contributed by atoms with E-state index in [-0.39, 0.29) is 21.7 Å². The Hall–Kier alpha value is -2.59. The SMILES string of the molecule is Cn1ccnc1S(=O)(=O)C(C#N)=Cc1cc(C(C)(C)C)c(O)c(C(C)(C)C)c1. The van der Waals surface area contributed by atoms with E-state index < -0.39 is 14.7 Å². The fourth-order valence-corrected chi connectivity index (χ4v) is 4.16. The summed E-state index contributed by atoms with van der Waals surface area (Å²) in [5.74, 6) is 0.197. The third-order valence-corrected chi connectivity index (χ3v) is 6.13. The number of imidazole rings is 1. The van der Waals surface area contributed by atoms with Crippen LogP contribution in [-0.4, -0.2) is 23.1 Å². The van der Waals surface area contributed by atoms with E-state index in [1.165, 1.54) is 23.0 Å². The Morgan fingerprint density at radius 1 is 1.14 bits per heavy atom. The van der Waals surface area contributed by atoms with E-state index in [1.807, 2.05) is 41.5 Å². The van der Waals surface area contributed by atoms with E-state index in [9.17, 15) is 18.8 Å². The Kier molecular flexibility index (Phi) is 5.50. The Labute approximate surface area is 167 Å². The number of nitrogens with zero attached hydrogens (tertiary/aromatic N) is 3. The summed E-state index contributed by atoms with van der Waals surface area (Å²) in [4.78, 5) is 3.47. The van der Waals surface area contributed by atoms with Gasteiger partial charge < -0.3 is 9.67 Å². The highest BCUT2D eigenvalue weighted by Crippen LogP contribution is 2.40. The van der Waals surface area contributed by atoms with Gasteiger partial charge in [-0.1, -0.05) is 41.5 Å². The molecule has 0 aliphatic carbocycles. The van der Waals surface area contributed by atoms with Crippen molar-refractivity contribution in [3.8, 4) is 11.8 Å². The van der Waals surface area contributed by atoms with Crippen LogP contribution in [0.1, 0.15) is 58.2 Å². The second-order valence-electron chi connectivity index (χ2n) is 8.91. The van der Waals surface area contributed by atoms with Gasteiger partial charge in [-0.3, -0.25) is 0 Å². The Morgan fingerprint density at radius 2 is 1.64 bits per heavy atom. The molecule has 1 heterocycles. The average Bonchev–Trinajstić information content (AvgIpc) is 2.98. The molecule has 28 heavy (non-hydrogen) atoms. The number of rotatable bonds is 3. The van der Waals surface area contributed by atoms with E-state index in [4.69, 9.17) is 0 Å². The molecule has 0 saturated heterocycles. The lowest BCUT2D eigenvalue weighted by Gasteiger charge is -2.28. The van der Waals surface area contributed by atoms with Crippen LogP contribution < -0.4 is 0 Å². The largest absolute Gasteiger partial charge is 0.507 e. The van der Waals surface area contributed by atoms with Crippen molar-refractivity contribution in [2.24, 2.45) is 7.05 Å². The summed E-state index contributed by atoms with van der Waals surface area (Å²) in [6.07, 6.45) is 4.23. The number of nitriles is 1. The van der Waals surface area contributed by atoms with Crippen molar-refractivity contribution in [3.05, 3.63) is 46.1 Å². The van der Waals surface area contributed by atoms with Crippen molar-refractivity contribution in [1.29, 1.82) is 5.26 Å². The lowest BCUT2D eigenvalue weighted by atomic mass is 9.78. The Bertz CT molecular complexity index is 1040. The molecule has 1 aromatic carbocycles. The Morgan fingerprint density at radius 3 is 2.00 bits per heavy atom. The molecule has 0 atom stereocenters. The second kappa shape index (κ2) is 7.10. The summed E-state index contributed by atoms with van der Waals surface area (Å²) in [6, 6.07) is 5.26. The maximum absolute atomic E-state index is 12.9. The van der Waals surface area contributed by atoms with E-state index in [0.29, 0.717) is 16.7 Å². The molecular weight excluding hydrogens is 374 g/mol. The number of phenolic OH excluding ortho intramolecular Hbond substituents is 1. The zero-order chi connectivity index (χ0) is 21.5. The smallest absolute Gasteiger partial charge is 0.250 e. The van der Waals surface area contributed by atoms with Crippen molar-refractivity contribution in [1.82, 2.24) is 9.55 Å². The molecule has 1 N–H and O–H groups in total. The van der Waals surface area contributed by atoms with Gasteiger partial charge in [0.05, 0.1) is 0 Å². The number of aromatic hydroxyl groups is 1. The van der Waals surface area contributed by atoms with Gasteiger partial charge >= 0.3 is 0 Å². The van der Waals surface area contributed by atoms with Crippen LogP contribution in [0.2, 0.25) is 0 Å². The van der Waals surface area contributed by atoms with E-state index in [2.05, 4.69) is 4.98 Å². The van der Waals surface area contributed by atoms with E-state index >= 15 is 0 Å². The molecule has 0 spiro atoms. The normalized spacial score (nSPS) is 13.4. The highest BCUT2D eigenvalue weighted by Gasteiger charge is 2.28. The summed E-state index contributed by atoms with van der Waals surface area (Å²) in [5.41, 5.74) is 1.20. The highest BCUT2D eigenvalue weighted by atomic mass is 32.2. The number of allylic oxidation sites excluding steroid dienone is 1. The second-order valence-corrected chi connectivity index (χ2v) is 10.7. The summed E-state index contributed by atoms with van der Waals surface area (Å²) in [5, 5.41) is 20.2. The maximum atomic E-state index is 12.9. The lowest BCUT2D eigenvalue weighted by molar-refractivity contribution is 0.423. The molecule has 0 unspecified atom stereocenters. The van der Waals surface area contributed by atoms with Gasteiger partial charge in [-0.05, 0) is 34.6 Å². The summed E-state index contributed by atoms with van der Waals surface area (Å²) in [7, 11) is -2.49. The van der Waals surface area contributed by atoms with Crippen molar-refractivity contribution in [2.45, 2.75) is 57.5 Å². The van der Waals surface area contributed by atoms with Crippen LogP contribution >= 0.6 is 0 Å². The summed E-state index contributed by atoms with van der Waals surface area (Å²) >= 11 is 0. The molecule has 150 valence electrons. The van der Waals surface area contributed by atoms with Crippen molar-refractivity contribution in [3.63, 3.8) is 0 Å². The number of hydrogen-bond acceptors (Lipinski definition) is 5. The monoisotopic (exact) mass is 401 g/mol. The first-order chi connectivity index (χ1) is 12.7. The maximum Gasteiger partial charge on any atom is 0.250 e. The molecule has 0 radical (unpaired) electrons. The average molecular weight is 402 g/mol. The van der Waals surface area contributed by atoms with Crippen LogP contribution in [0, 0.1) is 11.3 Å². The van der Waals surface area contributed by atoms with Gasteiger partial charge in [-0.25, -0.2) is 13.4 Å². The van der Waals surface area contributed by atoms with Crippen LogP contribution in [0.4, 0.5) is 0 Å². The highest BCUT2D eigenvalue weighted by molar-refractivity contribution is 7.95. The Balaban J connectivity index is 2.77. The molecule has 0 bridgehead atoms. The van der Waals surface area contributed by atoms with Gasteiger partial charge in [0.25, 0.3) is 0 Å². The number of sulfone groups is 1. The molecule has 0 aliphatic rings. The van der Waals surface area contributed by atoms with Crippen molar-refractivity contribution >= 4 is 15.9 Å². The number of phenols is 1. The number of aromatic nitrogens is 2. The van der Waals surface area contributed by atoms with Gasteiger partial charge in [0, 0.05) is 30.6 Å². The first-order valence-corrected chi connectivity index (χ1v) is 10.4. The minimum Gasteiger partial charge on any atom is -0.507 e. The van der Waals surface area contributed by atoms with Crippen LogP contribution in [-0.2, 0) is 27.7 Å². The quantitative estimate of drug-likeness (QED) is 0.783. The predicted molar refractivity (Wildman–Crippen MR) is 109 cm³/mol. The van der Waals surface area contributed by atoms with E-state index in [1.54, 1.807) is 25.2 Å². The minimum absolute atomic E-state index is 0.189. The van der Waals surface area contributed by atoms with Crippen LogP contribution in [0.5, 0.6) is 5.75 Å². The molecule has 0 amide bonds. The number of aryl methyl sites for hydroxylation is 1. The minimum atomic E-state index is -4.05. The molecule has 1 aromatic heterocycles. The summed E-state index contributed by atoms with van der Waals surface area (Å²) in [6.45, 7) is 11.8. The zero-order valence-electron chi connectivity index (χ0n) is 17.4. The van der Waals surface area contributed by atoms with Crippen LogP contribution in [0.3, 0.4) is 0 Å². The van der Waals surface area contributed by atoms with Crippen LogP contribution in [0.15, 0.2) is 34.6 Å². The predicted octanol–water partition coefficient (Wildman–Crippen LogP) is 4.06. The van der Waals surface area contributed by atoms with Gasteiger partial charge in [0.15, 0.2) is 4.91 Å². The molecule has 2 rings (SSSR count). The van der Waals surface area contributed by atoms with Crippen LogP contribution in [0.25, 0.3) is 6.08 Å². The van der Waals surface area contributed by atoms with Crippen molar-refractivity contribution in [2.75, 3.05) is 0 Å². The van der Waals surface area contributed by atoms with Gasteiger partial charge in [0.1, 0.15) is 11.8 Å². The standard InChI is InChI=1S/C21H27N3O3S/c1-20(2,3)16-11-14(12-17(18(16)25)21(4,5)6)10-15(13-22)28(26,27)19-23-8-9-24(19)7/h8-12,25H,1-7H3. The van der Waals surface area contributed by atoms with Gasteiger partial charge in [-0.2, -0.15) is 5.26 Å².